The van der Waals surface area contributed by atoms with E-state index < -0.39 is 0 Å². The largest absolute Gasteiger partial charge is 0.356 e. The highest BCUT2D eigenvalue weighted by molar-refractivity contribution is 6.30. The first-order valence-corrected chi connectivity index (χ1v) is 6.33. The lowest BCUT2D eigenvalue weighted by Crippen LogP contribution is -2.32. The zero-order valence-corrected chi connectivity index (χ0v) is 10.9. The van der Waals surface area contributed by atoms with Gasteiger partial charge >= 0.3 is 0 Å². The fourth-order valence-electron chi connectivity index (χ4n) is 2.07. The molecule has 1 saturated heterocycles. The lowest BCUT2D eigenvalue weighted by molar-refractivity contribution is -0.126. The number of amides is 2. The molecule has 0 aromatic heterocycles. The number of halogens is 1. The summed E-state index contributed by atoms with van der Waals surface area (Å²) in [5.41, 5.74) is 0.788. The minimum absolute atomic E-state index is 0.0198. The molecular formula is C13H15ClN2O2. The maximum absolute atomic E-state index is 11.9. The Morgan fingerprint density at radius 2 is 2.11 bits per heavy atom. The van der Waals surface area contributed by atoms with Crippen molar-refractivity contribution in [3.63, 3.8) is 0 Å². The molecule has 1 fully saturated rings. The number of benzene rings is 1. The molecule has 0 unspecified atom stereocenters. The minimum Gasteiger partial charge on any atom is -0.356 e. The Hall–Kier alpha value is -1.55. The summed E-state index contributed by atoms with van der Waals surface area (Å²) in [5.74, 6) is -0.330. The average molecular weight is 267 g/mol. The van der Waals surface area contributed by atoms with Gasteiger partial charge in [-0.15, -0.1) is 0 Å². The molecule has 1 aromatic rings. The number of carbonyl (C=O) groups is 2. The van der Waals surface area contributed by atoms with Gasteiger partial charge in [0.05, 0.1) is 5.92 Å². The summed E-state index contributed by atoms with van der Waals surface area (Å²) in [6, 6.07) is 7.06. The van der Waals surface area contributed by atoms with E-state index in [9.17, 15) is 9.59 Å². The maximum Gasteiger partial charge on any atom is 0.227 e. The molecule has 18 heavy (non-hydrogen) atoms. The van der Waals surface area contributed by atoms with Gasteiger partial charge < -0.3 is 10.2 Å². The van der Waals surface area contributed by atoms with E-state index in [1.165, 1.54) is 0 Å². The van der Waals surface area contributed by atoms with Gasteiger partial charge in [-0.3, -0.25) is 9.59 Å². The molecule has 1 aliphatic rings. The first-order valence-electron chi connectivity index (χ1n) is 5.95. The molecule has 0 saturated carbocycles. The number of nitrogens with zero attached hydrogens (tertiary/aromatic N) is 1. The number of rotatable bonds is 3. The smallest absolute Gasteiger partial charge is 0.227 e. The Bertz CT molecular complexity index is 459. The number of hydrogen-bond donors (Lipinski definition) is 1. The summed E-state index contributed by atoms with van der Waals surface area (Å²) >= 11 is 5.81. The Kier molecular flexibility index (Phi) is 3.87. The second-order valence-corrected chi connectivity index (χ2v) is 4.71. The Morgan fingerprint density at radius 3 is 2.72 bits per heavy atom. The van der Waals surface area contributed by atoms with E-state index in [4.69, 9.17) is 11.6 Å². The van der Waals surface area contributed by atoms with E-state index in [2.05, 4.69) is 5.32 Å². The summed E-state index contributed by atoms with van der Waals surface area (Å²) < 4.78 is 0. The van der Waals surface area contributed by atoms with Gasteiger partial charge in [-0.25, -0.2) is 0 Å². The van der Waals surface area contributed by atoms with E-state index in [0.29, 0.717) is 18.1 Å². The van der Waals surface area contributed by atoms with Gasteiger partial charge in [0.25, 0.3) is 0 Å². The third-order valence-electron chi connectivity index (χ3n) is 2.99. The quantitative estimate of drug-likeness (QED) is 0.907. The van der Waals surface area contributed by atoms with Gasteiger partial charge in [0.2, 0.25) is 11.8 Å². The molecule has 0 radical (unpaired) electrons. The van der Waals surface area contributed by atoms with Gasteiger partial charge in [-0.2, -0.15) is 0 Å². The number of carbonyl (C=O) groups excluding carboxylic acids is 2. The van der Waals surface area contributed by atoms with Crippen LogP contribution in [0.3, 0.4) is 0 Å². The van der Waals surface area contributed by atoms with Crippen LogP contribution in [0.5, 0.6) is 0 Å². The SMILES string of the molecule is CCNC(=O)[C@H]1CC(=O)N(c2ccc(Cl)cc2)C1. The standard InChI is InChI=1S/C13H15ClN2O2/c1-2-15-13(18)9-7-12(17)16(8-9)11-5-3-10(14)4-6-11/h3-6,9H,2,7-8H2,1H3,(H,15,18)/t9-/m0/s1. The van der Waals surface area contributed by atoms with Gasteiger partial charge in [-0.05, 0) is 31.2 Å². The maximum atomic E-state index is 11.9. The third-order valence-corrected chi connectivity index (χ3v) is 3.24. The molecule has 2 rings (SSSR count). The van der Waals surface area contributed by atoms with Crippen molar-refractivity contribution in [2.24, 2.45) is 5.92 Å². The van der Waals surface area contributed by atoms with Crippen LogP contribution in [0, 0.1) is 5.92 Å². The first-order chi connectivity index (χ1) is 8.61. The van der Waals surface area contributed by atoms with Crippen molar-refractivity contribution in [1.82, 2.24) is 5.32 Å². The highest BCUT2D eigenvalue weighted by atomic mass is 35.5. The van der Waals surface area contributed by atoms with Crippen LogP contribution in [0.25, 0.3) is 0 Å². The molecule has 1 atom stereocenters. The van der Waals surface area contributed by atoms with E-state index in [1.807, 2.05) is 6.92 Å². The van der Waals surface area contributed by atoms with Crippen LogP contribution in [0.2, 0.25) is 5.02 Å². The van der Waals surface area contributed by atoms with Crippen molar-refractivity contribution >= 4 is 29.1 Å². The number of nitrogens with one attached hydrogen (secondary N) is 1. The van der Waals surface area contributed by atoms with Crippen LogP contribution in [-0.2, 0) is 9.59 Å². The second-order valence-electron chi connectivity index (χ2n) is 4.28. The topological polar surface area (TPSA) is 49.4 Å². The Morgan fingerprint density at radius 1 is 1.44 bits per heavy atom. The second kappa shape index (κ2) is 5.40. The van der Waals surface area contributed by atoms with Gasteiger partial charge in [0.15, 0.2) is 0 Å². The minimum atomic E-state index is -0.256. The van der Waals surface area contributed by atoms with Crippen molar-refractivity contribution < 1.29 is 9.59 Å². The molecule has 2 amide bonds. The van der Waals surface area contributed by atoms with Crippen molar-refractivity contribution in [2.75, 3.05) is 18.0 Å². The summed E-state index contributed by atoms with van der Waals surface area (Å²) in [6.45, 7) is 2.89. The van der Waals surface area contributed by atoms with Crippen LogP contribution < -0.4 is 10.2 Å². The summed E-state index contributed by atoms with van der Waals surface area (Å²) in [6.07, 6.45) is 0.272. The molecule has 1 aliphatic heterocycles. The predicted molar refractivity (Wildman–Crippen MR) is 70.6 cm³/mol. The van der Waals surface area contributed by atoms with E-state index >= 15 is 0 Å². The highest BCUT2D eigenvalue weighted by Crippen LogP contribution is 2.26. The molecule has 0 bridgehead atoms. The molecule has 96 valence electrons. The van der Waals surface area contributed by atoms with Crippen molar-refractivity contribution in [2.45, 2.75) is 13.3 Å². The molecule has 1 aromatic carbocycles. The van der Waals surface area contributed by atoms with Crippen molar-refractivity contribution in [1.29, 1.82) is 0 Å². The van der Waals surface area contributed by atoms with E-state index in [1.54, 1.807) is 29.2 Å². The molecule has 5 heteroatoms. The summed E-state index contributed by atoms with van der Waals surface area (Å²) in [7, 11) is 0. The highest BCUT2D eigenvalue weighted by Gasteiger charge is 2.34. The summed E-state index contributed by atoms with van der Waals surface area (Å²) in [4.78, 5) is 25.2. The Labute approximate surface area is 111 Å². The third kappa shape index (κ3) is 2.64. The molecule has 0 spiro atoms. The normalized spacial score (nSPS) is 19.1. The zero-order valence-electron chi connectivity index (χ0n) is 10.1. The van der Waals surface area contributed by atoms with Gasteiger partial charge in [-0.1, -0.05) is 11.6 Å². The number of anilines is 1. The van der Waals surface area contributed by atoms with Crippen LogP contribution in [-0.4, -0.2) is 24.9 Å². The fourth-order valence-corrected chi connectivity index (χ4v) is 2.20. The first kappa shape index (κ1) is 12.9. The van der Waals surface area contributed by atoms with E-state index in [0.717, 1.165) is 5.69 Å². The summed E-state index contributed by atoms with van der Waals surface area (Å²) in [5, 5.41) is 3.38. The van der Waals surface area contributed by atoms with Gasteiger partial charge in [0.1, 0.15) is 0 Å². The predicted octanol–water partition coefficient (Wildman–Crippen LogP) is 1.83. The molecular weight excluding hydrogens is 252 g/mol. The monoisotopic (exact) mass is 266 g/mol. The average Bonchev–Trinajstić information content (AvgIpc) is 2.73. The molecule has 4 nitrogen and oxygen atoms in total. The van der Waals surface area contributed by atoms with Gasteiger partial charge in [0, 0.05) is 30.2 Å². The Balaban J connectivity index is 2.10. The van der Waals surface area contributed by atoms with Crippen LogP contribution in [0.1, 0.15) is 13.3 Å². The zero-order chi connectivity index (χ0) is 13.1. The fraction of sp³-hybridized carbons (Fsp3) is 0.385. The van der Waals surface area contributed by atoms with E-state index in [-0.39, 0.29) is 24.2 Å². The lowest BCUT2D eigenvalue weighted by atomic mass is 10.1. The molecule has 1 heterocycles. The van der Waals surface area contributed by atoms with Crippen LogP contribution in [0.4, 0.5) is 5.69 Å². The van der Waals surface area contributed by atoms with Crippen LogP contribution in [0.15, 0.2) is 24.3 Å². The van der Waals surface area contributed by atoms with Crippen molar-refractivity contribution in [3.8, 4) is 0 Å². The number of hydrogen-bond acceptors (Lipinski definition) is 2. The van der Waals surface area contributed by atoms with Crippen LogP contribution >= 0.6 is 11.6 Å². The van der Waals surface area contributed by atoms with Crippen molar-refractivity contribution in [3.05, 3.63) is 29.3 Å². The molecule has 1 N–H and O–H groups in total. The molecule has 0 aliphatic carbocycles. The lowest BCUT2D eigenvalue weighted by Gasteiger charge is -2.16.